The van der Waals surface area contributed by atoms with Crippen molar-refractivity contribution in [3.05, 3.63) is 101 Å². The molecule has 0 bridgehead atoms. The molecule has 2 aromatic carbocycles. The number of furan rings is 1. The maximum absolute atomic E-state index is 14.0. The summed E-state index contributed by atoms with van der Waals surface area (Å²) in [4.78, 5) is 43.2. The molecule has 2 aromatic heterocycles. The molecule has 0 radical (unpaired) electrons. The Morgan fingerprint density at radius 3 is 2.60 bits per heavy atom. The van der Waals surface area contributed by atoms with Crippen LogP contribution in [0.5, 0.6) is 11.5 Å². The molecule has 1 unspecified atom stereocenters. The van der Waals surface area contributed by atoms with Crippen molar-refractivity contribution in [1.29, 1.82) is 0 Å². The van der Waals surface area contributed by atoms with E-state index in [1.807, 2.05) is 0 Å². The van der Waals surface area contributed by atoms with E-state index in [1.54, 1.807) is 69.3 Å². The molecule has 0 aliphatic carbocycles. The molecule has 0 amide bonds. The molecule has 0 fully saturated rings. The molecule has 1 N–H and O–H groups in total. The minimum absolute atomic E-state index is 0.101. The van der Waals surface area contributed by atoms with Gasteiger partial charge in [-0.25, -0.2) is 15.0 Å². The lowest BCUT2D eigenvalue weighted by atomic mass is 9.95. The van der Waals surface area contributed by atoms with Gasteiger partial charge in [-0.2, -0.15) is 0 Å². The van der Waals surface area contributed by atoms with Crippen LogP contribution < -0.4 is 24.4 Å². The Bertz CT molecular complexity index is 1930. The number of hydrogen-bond acceptors (Lipinski definition) is 9. The Morgan fingerprint density at radius 1 is 1.14 bits per heavy atom. The molecule has 0 saturated heterocycles. The number of rotatable bonds is 8. The third-order valence-electron chi connectivity index (χ3n) is 6.84. The maximum Gasteiger partial charge on any atom is 0.338 e. The number of carbonyl (C=O) groups is 1. The van der Waals surface area contributed by atoms with Gasteiger partial charge in [-0.3, -0.25) is 9.36 Å². The first-order valence-electron chi connectivity index (χ1n) is 12.9. The van der Waals surface area contributed by atoms with Gasteiger partial charge in [-0.1, -0.05) is 11.3 Å². The van der Waals surface area contributed by atoms with Crippen molar-refractivity contribution in [2.75, 3.05) is 20.8 Å². The highest BCUT2D eigenvalue weighted by Gasteiger charge is 2.35. The Morgan fingerprint density at radius 2 is 1.93 bits per heavy atom. The lowest BCUT2D eigenvalue weighted by Gasteiger charge is -2.26. The molecule has 5 rings (SSSR count). The summed E-state index contributed by atoms with van der Waals surface area (Å²) in [5.74, 6) is 1.35. The third-order valence-corrected chi connectivity index (χ3v) is 7.83. The second kappa shape index (κ2) is 11.5. The number of esters is 1. The largest absolute Gasteiger partial charge is 0.497 e. The standard InChI is InChI=1S/C30H28N3O8S/c1-6-40-29(35)26-17(3)31-30-32(27(26)22-14-19(38-4)8-11-23(22)39-5)28(34)25(42-30)15-20-9-12-24(41-20)21-10-7-18(33(36)37)13-16(21)2/h7-15,27H,6H2,1-5H3,(H,36,37)/q+1/b25-15-. The number of aryl methyl sites for hydroxylation is 1. The topological polar surface area (TPSA) is 133 Å². The Kier molecular flexibility index (Phi) is 7.81. The van der Waals surface area contributed by atoms with E-state index in [2.05, 4.69) is 4.99 Å². The molecule has 1 aliphatic rings. The molecule has 0 saturated carbocycles. The fraction of sp³-hybridized carbons (Fsp3) is 0.233. The normalized spacial score (nSPS) is 14.8. The second-order valence-electron chi connectivity index (χ2n) is 9.38. The average Bonchev–Trinajstić information content (AvgIpc) is 3.55. The van der Waals surface area contributed by atoms with Gasteiger partial charge in [0.1, 0.15) is 29.1 Å². The molecule has 0 spiro atoms. The summed E-state index contributed by atoms with van der Waals surface area (Å²) in [6, 6.07) is 12.5. The van der Waals surface area contributed by atoms with E-state index in [4.69, 9.17) is 18.6 Å². The van der Waals surface area contributed by atoms with Crippen LogP contribution in [0.25, 0.3) is 17.4 Å². The summed E-state index contributed by atoms with van der Waals surface area (Å²) in [6.07, 6.45) is 1.62. The second-order valence-corrected chi connectivity index (χ2v) is 10.4. The minimum Gasteiger partial charge on any atom is -0.497 e. The number of ether oxygens (including phenoxy) is 3. The SMILES string of the molecule is CCOC(=O)C1=C(C)N=c2s/c(=C\c3ccc(-c4ccc([N+](=O)O)cc4C)o3)c(=O)n2C1c1cc(OC)ccc1OC. The first-order valence-corrected chi connectivity index (χ1v) is 13.8. The van der Waals surface area contributed by atoms with E-state index in [0.717, 1.165) is 22.5 Å². The molecule has 3 heterocycles. The lowest BCUT2D eigenvalue weighted by molar-refractivity contribution is -0.729. The van der Waals surface area contributed by atoms with Gasteiger partial charge >= 0.3 is 11.7 Å². The number of carbonyl (C=O) groups excluding carboxylic acids is 1. The van der Waals surface area contributed by atoms with Gasteiger partial charge < -0.3 is 18.6 Å². The van der Waals surface area contributed by atoms with E-state index in [9.17, 15) is 19.7 Å². The number of allylic oxidation sites excluding steroid dienone is 1. The van der Waals surface area contributed by atoms with Crippen LogP contribution in [0.3, 0.4) is 0 Å². The Labute approximate surface area is 243 Å². The van der Waals surface area contributed by atoms with Crippen molar-refractivity contribution in [3.8, 4) is 22.8 Å². The van der Waals surface area contributed by atoms with E-state index >= 15 is 0 Å². The predicted octanol–water partition coefficient (Wildman–Crippen LogP) is 4.18. The van der Waals surface area contributed by atoms with Gasteiger partial charge in [0.25, 0.3) is 10.5 Å². The van der Waals surface area contributed by atoms with E-state index in [1.165, 1.54) is 24.9 Å². The lowest BCUT2D eigenvalue weighted by Crippen LogP contribution is -2.40. The van der Waals surface area contributed by atoms with Gasteiger partial charge in [0, 0.05) is 29.3 Å². The van der Waals surface area contributed by atoms with Gasteiger partial charge in [0.05, 0.1) is 41.5 Å². The summed E-state index contributed by atoms with van der Waals surface area (Å²) >= 11 is 1.16. The van der Waals surface area contributed by atoms with Gasteiger partial charge in [-0.05, 0) is 62.7 Å². The van der Waals surface area contributed by atoms with Crippen molar-refractivity contribution in [3.63, 3.8) is 0 Å². The van der Waals surface area contributed by atoms with Gasteiger partial charge in [0.15, 0.2) is 4.80 Å². The van der Waals surface area contributed by atoms with Gasteiger partial charge in [-0.15, -0.1) is 0 Å². The number of fused-ring (bicyclic) bond motifs is 1. The summed E-state index contributed by atoms with van der Waals surface area (Å²) < 4.78 is 24.3. The number of nitrogens with zero attached hydrogens (tertiary/aromatic N) is 3. The zero-order valence-electron chi connectivity index (χ0n) is 23.5. The number of thiazole rings is 1. The van der Waals surface area contributed by atoms with Crippen LogP contribution in [-0.4, -0.2) is 41.5 Å². The first kappa shape index (κ1) is 28.6. The number of hydrogen-bond donors (Lipinski definition) is 1. The van der Waals surface area contributed by atoms with Crippen LogP contribution in [0.4, 0.5) is 5.69 Å². The molecule has 1 aliphatic heterocycles. The van der Waals surface area contributed by atoms with Gasteiger partial charge in [0.2, 0.25) is 0 Å². The molecule has 1 atom stereocenters. The zero-order chi connectivity index (χ0) is 30.1. The number of benzene rings is 2. The van der Waals surface area contributed by atoms with E-state index in [0.29, 0.717) is 43.6 Å². The van der Waals surface area contributed by atoms with Crippen molar-refractivity contribution in [2.45, 2.75) is 26.8 Å². The number of aromatic nitrogens is 1. The smallest absolute Gasteiger partial charge is 0.338 e. The summed E-state index contributed by atoms with van der Waals surface area (Å²) in [5, 5.41) is 9.18. The fourth-order valence-electron chi connectivity index (χ4n) is 4.89. The van der Waals surface area contributed by atoms with E-state index in [-0.39, 0.29) is 28.3 Å². The molecular formula is C30H28N3O8S+. The van der Waals surface area contributed by atoms with Crippen molar-refractivity contribution < 1.29 is 33.6 Å². The van der Waals surface area contributed by atoms with Crippen molar-refractivity contribution in [2.24, 2.45) is 4.99 Å². The molecule has 216 valence electrons. The van der Waals surface area contributed by atoms with Crippen LogP contribution in [0, 0.1) is 11.8 Å². The summed E-state index contributed by atoms with van der Waals surface area (Å²) in [7, 11) is 3.04. The van der Waals surface area contributed by atoms with Crippen LogP contribution in [0.15, 0.2) is 74.0 Å². The Hall–Kier alpha value is -4.97. The molecule has 12 heteroatoms. The minimum atomic E-state index is -0.882. The maximum atomic E-state index is 14.0. The average molecular weight is 591 g/mol. The van der Waals surface area contributed by atoms with Crippen LogP contribution in [-0.2, 0) is 9.53 Å². The molecule has 11 nitrogen and oxygen atoms in total. The van der Waals surface area contributed by atoms with Crippen molar-refractivity contribution in [1.82, 2.24) is 4.57 Å². The van der Waals surface area contributed by atoms with Crippen LogP contribution >= 0.6 is 11.3 Å². The third kappa shape index (κ3) is 5.12. The first-order chi connectivity index (χ1) is 20.2. The van der Waals surface area contributed by atoms with Crippen molar-refractivity contribution >= 4 is 29.1 Å². The summed E-state index contributed by atoms with van der Waals surface area (Å²) in [5.41, 5.74) is 2.36. The number of methoxy groups -OCH3 is 2. The van der Waals surface area contributed by atoms with E-state index < -0.39 is 12.0 Å². The Balaban J connectivity index is 1.65. The summed E-state index contributed by atoms with van der Waals surface area (Å²) in [6.45, 7) is 5.36. The van der Waals surface area contributed by atoms with Crippen LogP contribution in [0.2, 0.25) is 0 Å². The van der Waals surface area contributed by atoms with Crippen LogP contribution in [0.1, 0.15) is 36.8 Å². The quantitative estimate of drug-likeness (QED) is 0.239. The fourth-order valence-corrected chi connectivity index (χ4v) is 5.91. The molecule has 42 heavy (non-hydrogen) atoms. The highest BCUT2D eigenvalue weighted by Crippen LogP contribution is 2.38. The predicted molar refractivity (Wildman–Crippen MR) is 154 cm³/mol. The highest BCUT2D eigenvalue weighted by molar-refractivity contribution is 7.07. The monoisotopic (exact) mass is 590 g/mol. The molecular weight excluding hydrogens is 562 g/mol. The molecule has 4 aromatic rings. The highest BCUT2D eigenvalue weighted by atomic mass is 32.1. The zero-order valence-corrected chi connectivity index (χ0v) is 24.4.